The summed E-state index contributed by atoms with van der Waals surface area (Å²) in [5.74, 6) is 0.765. The van der Waals surface area contributed by atoms with Crippen LogP contribution in [0.3, 0.4) is 0 Å². The van der Waals surface area contributed by atoms with Gasteiger partial charge in [-0.05, 0) is 37.2 Å². The molecule has 1 aromatic rings. The standard InChI is InChI=1S/C16H26N2O2/c1-4-18(5-2)14-8-9-17(12-14)11-13-6-7-15(19)16(10-13)20-3/h6-7,10,14,19H,4-5,8-9,11-12H2,1-3H3. The SMILES string of the molecule is CCN(CC)C1CCN(Cc2ccc(O)c(OC)c2)C1. The highest BCUT2D eigenvalue weighted by Crippen LogP contribution is 2.27. The molecule has 0 amide bonds. The molecule has 112 valence electrons. The zero-order chi connectivity index (χ0) is 14.5. The second kappa shape index (κ2) is 6.95. The van der Waals surface area contributed by atoms with E-state index in [9.17, 15) is 5.11 Å². The van der Waals surface area contributed by atoms with Crippen molar-refractivity contribution in [3.8, 4) is 11.5 Å². The lowest BCUT2D eigenvalue weighted by molar-refractivity contribution is 0.209. The van der Waals surface area contributed by atoms with Gasteiger partial charge in [0.25, 0.3) is 0 Å². The van der Waals surface area contributed by atoms with Gasteiger partial charge >= 0.3 is 0 Å². The third-order valence-corrected chi connectivity index (χ3v) is 4.23. The third kappa shape index (κ3) is 3.44. The molecule has 1 aliphatic rings. The van der Waals surface area contributed by atoms with E-state index in [1.807, 2.05) is 12.1 Å². The zero-order valence-corrected chi connectivity index (χ0v) is 12.8. The van der Waals surface area contributed by atoms with Crippen LogP contribution in [0, 0.1) is 0 Å². The predicted octanol–water partition coefficient (Wildman–Crippen LogP) is 2.32. The fourth-order valence-electron chi connectivity index (χ4n) is 3.07. The largest absolute Gasteiger partial charge is 0.504 e. The molecule has 1 aliphatic heterocycles. The van der Waals surface area contributed by atoms with Gasteiger partial charge < -0.3 is 9.84 Å². The van der Waals surface area contributed by atoms with E-state index < -0.39 is 0 Å². The Labute approximate surface area is 122 Å². The monoisotopic (exact) mass is 278 g/mol. The van der Waals surface area contributed by atoms with E-state index >= 15 is 0 Å². The Balaban J connectivity index is 1.95. The lowest BCUT2D eigenvalue weighted by atomic mass is 10.2. The summed E-state index contributed by atoms with van der Waals surface area (Å²) in [5, 5.41) is 9.63. The number of rotatable bonds is 6. The highest BCUT2D eigenvalue weighted by Gasteiger charge is 2.26. The molecule has 1 aromatic carbocycles. The molecule has 1 fully saturated rings. The first-order valence-corrected chi connectivity index (χ1v) is 7.50. The molecule has 0 aromatic heterocycles. The molecule has 4 heteroatoms. The molecule has 4 nitrogen and oxygen atoms in total. The van der Waals surface area contributed by atoms with Gasteiger partial charge in [-0.15, -0.1) is 0 Å². The summed E-state index contributed by atoms with van der Waals surface area (Å²) in [4.78, 5) is 5.02. The number of hydrogen-bond donors (Lipinski definition) is 1. The summed E-state index contributed by atoms with van der Waals surface area (Å²) >= 11 is 0. The van der Waals surface area contributed by atoms with Crippen LogP contribution in [0.2, 0.25) is 0 Å². The van der Waals surface area contributed by atoms with Crippen molar-refractivity contribution in [3.63, 3.8) is 0 Å². The van der Waals surface area contributed by atoms with Gasteiger partial charge in [0, 0.05) is 25.7 Å². The molecule has 0 bridgehead atoms. The summed E-state index contributed by atoms with van der Waals surface area (Å²) in [6.07, 6.45) is 1.25. The van der Waals surface area contributed by atoms with Crippen LogP contribution in [0.5, 0.6) is 11.5 Å². The van der Waals surface area contributed by atoms with E-state index in [-0.39, 0.29) is 5.75 Å². The quantitative estimate of drug-likeness (QED) is 0.866. The number of hydrogen-bond acceptors (Lipinski definition) is 4. The van der Waals surface area contributed by atoms with Crippen molar-refractivity contribution in [2.24, 2.45) is 0 Å². The Morgan fingerprint density at radius 1 is 1.35 bits per heavy atom. The van der Waals surface area contributed by atoms with E-state index in [4.69, 9.17) is 4.74 Å². The molecule has 0 aliphatic carbocycles. The van der Waals surface area contributed by atoms with E-state index in [1.165, 1.54) is 12.0 Å². The molecule has 1 unspecified atom stereocenters. The Morgan fingerprint density at radius 3 is 2.75 bits per heavy atom. The summed E-state index contributed by atoms with van der Waals surface area (Å²) < 4.78 is 5.17. The van der Waals surface area contributed by atoms with Gasteiger partial charge in [-0.1, -0.05) is 19.9 Å². The van der Waals surface area contributed by atoms with Gasteiger partial charge in [0.05, 0.1) is 7.11 Å². The van der Waals surface area contributed by atoms with E-state index in [2.05, 4.69) is 23.6 Å². The van der Waals surface area contributed by atoms with Crippen LogP contribution < -0.4 is 4.74 Å². The summed E-state index contributed by atoms with van der Waals surface area (Å²) in [5.41, 5.74) is 1.19. The van der Waals surface area contributed by atoms with E-state index in [1.54, 1.807) is 13.2 Å². The summed E-state index contributed by atoms with van der Waals surface area (Å²) in [6, 6.07) is 6.30. The number of methoxy groups -OCH3 is 1. The van der Waals surface area contributed by atoms with E-state index in [0.29, 0.717) is 11.8 Å². The smallest absolute Gasteiger partial charge is 0.160 e. The number of phenolic OH excluding ortho intramolecular Hbond substituents is 1. The highest BCUT2D eigenvalue weighted by molar-refractivity contribution is 5.41. The summed E-state index contributed by atoms with van der Waals surface area (Å²) in [7, 11) is 1.59. The second-order valence-electron chi connectivity index (χ2n) is 5.41. The predicted molar refractivity (Wildman–Crippen MR) is 81.3 cm³/mol. The number of nitrogens with zero attached hydrogens (tertiary/aromatic N) is 2. The van der Waals surface area contributed by atoms with E-state index in [0.717, 1.165) is 32.7 Å². The Morgan fingerprint density at radius 2 is 2.10 bits per heavy atom. The Hall–Kier alpha value is -1.26. The highest BCUT2D eigenvalue weighted by atomic mass is 16.5. The number of phenols is 1. The Bertz CT molecular complexity index is 432. The maximum atomic E-state index is 9.63. The van der Waals surface area contributed by atoms with Gasteiger partial charge in [0.1, 0.15) is 0 Å². The topological polar surface area (TPSA) is 35.9 Å². The minimum Gasteiger partial charge on any atom is -0.504 e. The van der Waals surface area contributed by atoms with Crippen molar-refractivity contribution in [2.75, 3.05) is 33.3 Å². The van der Waals surface area contributed by atoms with Crippen molar-refractivity contribution < 1.29 is 9.84 Å². The molecule has 1 atom stereocenters. The molecule has 0 saturated carbocycles. The number of aromatic hydroxyl groups is 1. The minimum absolute atomic E-state index is 0.207. The average Bonchev–Trinajstić information content (AvgIpc) is 2.91. The van der Waals surface area contributed by atoms with Gasteiger partial charge in [-0.2, -0.15) is 0 Å². The molecule has 2 rings (SSSR count). The zero-order valence-electron chi connectivity index (χ0n) is 12.8. The van der Waals surface area contributed by atoms with Crippen molar-refractivity contribution in [3.05, 3.63) is 23.8 Å². The number of likely N-dealkylation sites (tertiary alicyclic amines) is 1. The van der Waals surface area contributed by atoms with Gasteiger partial charge in [0.2, 0.25) is 0 Å². The van der Waals surface area contributed by atoms with Crippen LogP contribution in [0.25, 0.3) is 0 Å². The molecular weight excluding hydrogens is 252 g/mol. The van der Waals surface area contributed by atoms with Gasteiger partial charge in [-0.25, -0.2) is 0 Å². The van der Waals surface area contributed by atoms with Crippen LogP contribution in [-0.4, -0.2) is 54.2 Å². The molecule has 20 heavy (non-hydrogen) atoms. The fraction of sp³-hybridized carbons (Fsp3) is 0.625. The maximum absolute atomic E-state index is 9.63. The normalized spacial score (nSPS) is 19.7. The first-order chi connectivity index (χ1) is 9.67. The van der Waals surface area contributed by atoms with Crippen molar-refractivity contribution >= 4 is 0 Å². The van der Waals surface area contributed by atoms with Crippen molar-refractivity contribution in [1.29, 1.82) is 0 Å². The average molecular weight is 278 g/mol. The lowest BCUT2D eigenvalue weighted by Gasteiger charge is -2.26. The molecule has 1 heterocycles. The maximum Gasteiger partial charge on any atom is 0.160 e. The minimum atomic E-state index is 0.207. The molecule has 1 N–H and O–H groups in total. The Kier molecular flexibility index (Phi) is 5.26. The van der Waals surface area contributed by atoms with Crippen LogP contribution in [0.4, 0.5) is 0 Å². The third-order valence-electron chi connectivity index (χ3n) is 4.23. The molecule has 0 spiro atoms. The number of likely N-dealkylation sites (N-methyl/N-ethyl adjacent to an activating group) is 1. The summed E-state index contributed by atoms with van der Waals surface area (Å²) in [6.45, 7) is 9.92. The van der Waals surface area contributed by atoms with Crippen LogP contribution in [0.15, 0.2) is 18.2 Å². The number of benzene rings is 1. The number of ether oxygens (including phenoxy) is 1. The fourth-order valence-corrected chi connectivity index (χ4v) is 3.07. The van der Waals surface area contributed by atoms with Crippen LogP contribution >= 0.6 is 0 Å². The molecular formula is C16H26N2O2. The molecule has 1 saturated heterocycles. The lowest BCUT2D eigenvalue weighted by Crippen LogP contribution is -2.37. The first-order valence-electron chi connectivity index (χ1n) is 7.50. The van der Waals surface area contributed by atoms with Crippen molar-refractivity contribution in [1.82, 2.24) is 9.80 Å². The van der Waals surface area contributed by atoms with Crippen LogP contribution in [0.1, 0.15) is 25.8 Å². The van der Waals surface area contributed by atoms with Gasteiger partial charge in [-0.3, -0.25) is 9.80 Å². The van der Waals surface area contributed by atoms with Crippen molar-refractivity contribution in [2.45, 2.75) is 32.9 Å². The van der Waals surface area contributed by atoms with Gasteiger partial charge in [0.15, 0.2) is 11.5 Å². The first kappa shape index (κ1) is 15.1. The second-order valence-corrected chi connectivity index (χ2v) is 5.41. The molecule has 0 radical (unpaired) electrons. The van der Waals surface area contributed by atoms with Crippen LogP contribution in [-0.2, 0) is 6.54 Å².